The number of rotatable bonds is 6. The van der Waals surface area contributed by atoms with E-state index in [2.05, 4.69) is 26.1 Å². The molecule has 4 N–H and O–H groups in total. The van der Waals surface area contributed by atoms with E-state index in [1.807, 2.05) is 0 Å². The summed E-state index contributed by atoms with van der Waals surface area (Å²) in [4.78, 5) is 26.0. The molecule has 3 aromatic rings. The normalized spacial score (nSPS) is 16.7. The van der Waals surface area contributed by atoms with Crippen molar-refractivity contribution in [3.63, 3.8) is 0 Å². The highest BCUT2D eigenvalue weighted by Crippen LogP contribution is 2.29. The molecule has 8 nitrogen and oxygen atoms in total. The molecule has 3 heterocycles. The number of nitrogens with one attached hydrogen (secondary N) is 4. The first-order valence-corrected chi connectivity index (χ1v) is 10.4. The van der Waals surface area contributed by atoms with Crippen molar-refractivity contribution in [2.45, 2.75) is 12.5 Å². The molecule has 0 bridgehead atoms. The summed E-state index contributed by atoms with van der Waals surface area (Å²) in [6.45, 7) is 2.91. The lowest BCUT2D eigenvalue weighted by Crippen LogP contribution is -2.40. The smallest absolute Gasteiger partial charge is 0.261 e. The summed E-state index contributed by atoms with van der Waals surface area (Å²) in [6, 6.07) is 8.32. The molecule has 0 aliphatic carbocycles. The summed E-state index contributed by atoms with van der Waals surface area (Å²) in [6.07, 6.45) is 0.879. The van der Waals surface area contributed by atoms with E-state index in [4.69, 9.17) is 16.3 Å². The van der Waals surface area contributed by atoms with Crippen LogP contribution in [0.15, 0.2) is 30.3 Å². The molecule has 1 atom stereocenters. The second kappa shape index (κ2) is 8.91. The van der Waals surface area contributed by atoms with Gasteiger partial charge in [-0.15, -0.1) is 11.3 Å². The van der Waals surface area contributed by atoms with Gasteiger partial charge in [-0.2, -0.15) is 5.10 Å². The Labute approximate surface area is 176 Å². The fourth-order valence-electron chi connectivity index (χ4n) is 3.04. The van der Waals surface area contributed by atoms with Gasteiger partial charge < -0.3 is 20.7 Å². The number of carbonyl (C=O) groups is 2. The number of aromatic nitrogens is 2. The molecule has 29 heavy (non-hydrogen) atoms. The number of amides is 2. The number of benzene rings is 1. The number of morpholine rings is 1. The Bertz CT molecular complexity index is 1010. The van der Waals surface area contributed by atoms with Crippen molar-refractivity contribution in [1.82, 2.24) is 20.8 Å². The van der Waals surface area contributed by atoms with Crippen molar-refractivity contribution in [2.75, 3.05) is 31.6 Å². The Hall–Kier alpha value is -2.46. The minimum atomic E-state index is -0.287. The summed E-state index contributed by atoms with van der Waals surface area (Å²) in [5.74, 6) is 0.00851. The fraction of sp³-hybridized carbons (Fsp3) is 0.316. The molecule has 2 amide bonds. The molecule has 0 saturated carbocycles. The molecule has 2 aromatic heterocycles. The standard InChI is InChI=1S/C19H20ClN5O3S/c20-12-3-1-11(2-4-12)17(26)23-16-14-9-15(29-19(14)25-24-16)18(27)22-6-5-13-10-21-7-8-28-13/h1-4,9,13,21H,5-8,10H2,(H,22,27)(H2,23,24,25,26). The Morgan fingerprint density at radius 3 is 2.86 bits per heavy atom. The van der Waals surface area contributed by atoms with Crippen molar-refractivity contribution in [1.29, 1.82) is 0 Å². The molecule has 4 rings (SSSR count). The molecular formula is C19H20ClN5O3S. The quantitative estimate of drug-likeness (QED) is 0.478. The van der Waals surface area contributed by atoms with Gasteiger partial charge in [0, 0.05) is 30.2 Å². The summed E-state index contributed by atoms with van der Waals surface area (Å²) in [7, 11) is 0. The van der Waals surface area contributed by atoms with E-state index in [1.54, 1.807) is 30.3 Å². The van der Waals surface area contributed by atoms with Gasteiger partial charge in [0.25, 0.3) is 11.8 Å². The third-order valence-corrected chi connectivity index (χ3v) is 5.86. The van der Waals surface area contributed by atoms with Gasteiger partial charge in [-0.1, -0.05) is 11.6 Å². The topological polar surface area (TPSA) is 108 Å². The second-order valence-electron chi connectivity index (χ2n) is 6.63. The van der Waals surface area contributed by atoms with E-state index in [-0.39, 0.29) is 17.9 Å². The number of hydrogen-bond acceptors (Lipinski definition) is 6. The average molecular weight is 434 g/mol. The first-order valence-electron chi connectivity index (χ1n) is 9.25. The molecule has 0 spiro atoms. The van der Waals surface area contributed by atoms with Crippen molar-refractivity contribution >= 4 is 50.8 Å². The van der Waals surface area contributed by atoms with E-state index in [0.29, 0.717) is 44.6 Å². The van der Waals surface area contributed by atoms with Crippen molar-refractivity contribution in [3.8, 4) is 0 Å². The van der Waals surface area contributed by atoms with Crippen LogP contribution < -0.4 is 16.0 Å². The maximum absolute atomic E-state index is 12.4. The van der Waals surface area contributed by atoms with Crippen LogP contribution in [-0.4, -0.2) is 54.4 Å². The average Bonchev–Trinajstić information content (AvgIpc) is 3.31. The number of carbonyl (C=O) groups excluding carboxylic acids is 2. The molecule has 0 radical (unpaired) electrons. The lowest BCUT2D eigenvalue weighted by atomic mass is 10.2. The molecule has 1 aliphatic heterocycles. The van der Waals surface area contributed by atoms with E-state index in [1.165, 1.54) is 11.3 Å². The molecule has 10 heteroatoms. The SMILES string of the molecule is O=C(Nc1[nH]nc2sc(C(=O)NCCC3CNCCO3)cc12)c1ccc(Cl)cc1. The molecule has 1 unspecified atom stereocenters. The van der Waals surface area contributed by atoms with Crippen LogP contribution in [0.25, 0.3) is 10.2 Å². The zero-order chi connectivity index (χ0) is 20.2. The minimum absolute atomic E-state index is 0.125. The highest BCUT2D eigenvalue weighted by atomic mass is 35.5. The first kappa shape index (κ1) is 19.8. The number of thiophene rings is 1. The predicted octanol–water partition coefficient (Wildman–Crippen LogP) is 2.64. The molecule has 1 saturated heterocycles. The van der Waals surface area contributed by atoms with Crippen LogP contribution in [0.4, 0.5) is 5.82 Å². The predicted molar refractivity (Wildman–Crippen MR) is 113 cm³/mol. The highest BCUT2D eigenvalue weighted by molar-refractivity contribution is 7.20. The monoisotopic (exact) mass is 433 g/mol. The van der Waals surface area contributed by atoms with E-state index < -0.39 is 0 Å². The Morgan fingerprint density at radius 2 is 2.10 bits per heavy atom. The van der Waals surface area contributed by atoms with Crippen LogP contribution >= 0.6 is 22.9 Å². The second-order valence-corrected chi connectivity index (χ2v) is 8.10. The van der Waals surface area contributed by atoms with E-state index in [0.717, 1.165) is 19.5 Å². The third kappa shape index (κ3) is 4.76. The molecule has 152 valence electrons. The Morgan fingerprint density at radius 1 is 1.28 bits per heavy atom. The fourth-order valence-corrected chi connectivity index (χ4v) is 4.08. The largest absolute Gasteiger partial charge is 0.376 e. The summed E-state index contributed by atoms with van der Waals surface area (Å²) in [5.41, 5.74) is 0.477. The number of halogens is 1. The van der Waals surface area contributed by atoms with Gasteiger partial charge in [0.15, 0.2) is 0 Å². The lowest BCUT2D eigenvalue weighted by molar-refractivity contribution is 0.0239. The van der Waals surface area contributed by atoms with Gasteiger partial charge in [0.1, 0.15) is 10.6 Å². The van der Waals surface area contributed by atoms with E-state index in [9.17, 15) is 9.59 Å². The van der Waals surface area contributed by atoms with Crippen LogP contribution in [0.3, 0.4) is 0 Å². The van der Waals surface area contributed by atoms with Crippen molar-refractivity contribution < 1.29 is 14.3 Å². The zero-order valence-electron chi connectivity index (χ0n) is 15.5. The van der Waals surface area contributed by atoms with Gasteiger partial charge in [-0.25, -0.2) is 0 Å². The number of nitrogens with zero attached hydrogens (tertiary/aromatic N) is 1. The number of H-pyrrole nitrogens is 1. The van der Waals surface area contributed by atoms with Gasteiger partial charge in [-0.3, -0.25) is 14.7 Å². The van der Waals surface area contributed by atoms with Gasteiger partial charge in [0.05, 0.1) is 23.0 Å². The van der Waals surface area contributed by atoms with Crippen LogP contribution in [0.5, 0.6) is 0 Å². The molecule has 1 aliphatic rings. The summed E-state index contributed by atoms with van der Waals surface area (Å²) in [5, 5.41) is 17.2. The zero-order valence-corrected chi connectivity index (χ0v) is 17.0. The third-order valence-electron chi connectivity index (χ3n) is 4.58. The number of aromatic amines is 1. The number of hydrogen-bond donors (Lipinski definition) is 4. The molecule has 1 fully saturated rings. The van der Waals surface area contributed by atoms with Crippen LogP contribution in [-0.2, 0) is 4.74 Å². The number of fused-ring (bicyclic) bond motifs is 1. The van der Waals surface area contributed by atoms with Gasteiger partial charge >= 0.3 is 0 Å². The van der Waals surface area contributed by atoms with Crippen LogP contribution in [0.2, 0.25) is 5.02 Å². The highest BCUT2D eigenvalue weighted by Gasteiger charge is 2.18. The maximum atomic E-state index is 12.4. The minimum Gasteiger partial charge on any atom is -0.376 e. The Kier molecular flexibility index (Phi) is 6.10. The summed E-state index contributed by atoms with van der Waals surface area (Å²) < 4.78 is 5.62. The first-order chi connectivity index (χ1) is 14.1. The number of ether oxygens (including phenoxy) is 1. The van der Waals surface area contributed by atoms with Crippen molar-refractivity contribution in [2.24, 2.45) is 0 Å². The van der Waals surface area contributed by atoms with Crippen LogP contribution in [0.1, 0.15) is 26.5 Å². The van der Waals surface area contributed by atoms with Gasteiger partial charge in [-0.05, 0) is 36.8 Å². The maximum Gasteiger partial charge on any atom is 0.261 e. The lowest BCUT2D eigenvalue weighted by Gasteiger charge is -2.23. The van der Waals surface area contributed by atoms with Crippen molar-refractivity contribution in [3.05, 3.63) is 45.8 Å². The molecule has 1 aromatic carbocycles. The van der Waals surface area contributed by atoms with Crippen LogP contribution in [0, 0.1) is 0 Å². The Balaban J connectivity index is 1.38. The van der Waals surface area contributed by atoms with E-state index >= 15 is 0 Å². The summed E-state index contributed by atoms with van der Waals surface area (Å²) >= 11 is 7.13. The number of anilines is 1. The van der Waals surface area contributed by atoms with Gasteiger partial charge in [0.2, 0.25) is 0 Å². The molecular weight excluding hydrogens is 414 g/mol.